The van der Waals surface area contributed by atoms with Crippen molar-refractivity contribution < 1.29 is 18.0 Å². The molecule has 0 aliphatic heterocycles. The molecule has 220 valence electrons. The molecule has 0 radical (unpaired) electrons. The van der Waals surface area contributed by atoms with E-state index in [-0.39, 0.29) is 37.4 Å². The Balaban J connectivity index is 1.89. The van der Waals surface area contributed by atoms with Crippen LogP contribution >= 0.6 is 0 Å². The van der Waals surface area contributed by atoms with E-state index in [0.717, 1.165) is 28.7 Å². The van der Waals surface area contributed by atoms with Gasteiger partial charge in [0, 0.05) is 32.0 Å². The molecule has 0 bridgehead atoms. The van der Waals surface area contributed by atoms with E-state index in [4.69, 9.17) is 0 Å². The van der Waals surface area contributed by atoms with Crippen LogP contribution in [-0.2, 0) is 32.6 Å². The largest absolute Gasteiger partial charge is 0.352 e. The number of hydrogen-bond acceptors (Lipinski definition) is 4. The molecule has 0 spiro atoms. The van der Waals surface area contributed by atoms with Crippen LogP contribution in [0.1, 0.15) is 55.4 Å². The van der Waals surface area contributed by atoms with Gasteiger partial charge in [-0.1, -0.05) is 79.2 Å². The van der Waals surface area contributed by atoms with Gasteiger partial charge in [-0.2, -0.15) is 0 Å². The number of nitrogens with zero attached hydrogens (tertiary/aromatic N) is 2. The van der Waals surface area contributed by atoms with Crippen molar-refractivity contribution >= 4 is 27.5 Å². The topological polar surface area (TPSA) is 86.8 Å². The summed E-state index contributed by atoms with van der Waals surface area (Å²) in [6, 6.07) is 24.2. The number of amides is 2. The van der Waals surface area contributed by atoms with Gasteiger partial charge in [-0.25, -0.2) is 8.42 Å². The van der Waals surface area contributed by atoms with Gasteiger partial charge in [0.05, 0.1) is 11.9 Å². The maximum absolute atomic E-state index is 13.9. The molecular weight excluding hydrogens is 534 g/mol. The minimum absolute atomic E-state index is 0.0330. The summed E-state index contributed by atoms with van der Waals surface area (Å²) in [5.41, 5.74) is 4.49. The molecule has 0 saturated carbocycles. The second kappa shape index (κ2) is 14.8. The Hall–Kier alpha value is -3.65. The first-order valence-corrected chi connectivity index (χ1v) is 16.1. The number of hydrogen-bond donors (Lipinski definition) is 1. The van der Waals surface area contributed by atoms with Crippen LogP contribution in [0.2, 0.25) is 0 Å². The summed E-state index contributed by atoms with van der Waals surface area (Å²) in [4.78, 5) is 29.2. The molecule has 7 nitrogen and oxygen atoms in total. The van der Waals surface area contributed by atoms with E-state index in [1.165, 1.54) is 10.6 Å². The lowest BCUT2D eigenvalue weighted by Crippen LogP contribution is -2.52. The fourth-order valence-corrected chi connectivity index (χ4v) is 5.75. The van der Waals surface area contributed by atoms with Gasteiger partial charge < -0.3 is 10.2 Å². The van der Waals surface area contributed by atoms with E-state index in [9.17, 15) is 18.0 Å². The molecule has 0 heterocycles. The van der Waals surface area contributed by atoms with Crippen molar-refractivity contribution in [3.63, 3.8) is 0 Å². The highest BCUT2D eigenvalue weighted by atomic mass is 32.2. The summed E-state index contributed by atoms with van der Waals surface area (Å²) in [6.07, 6.45) is 2.74. The van der Waals surface area contributed by atoms with Crippen molar-refractivity contribution in [2.24, 2.45) is 0 Å². The van der Waals surface area contributed by atoms with Crippen LogP contribution in [0.4, 0.5) is 5.69 Å². The first-order chi connectivity index (χ1) is 19.5. The molecule has 3 rings (SSSR count). The van der Waals surface area contributed by atoms with Crippen molar-refractivity contribution in [3.05, 3.63) is 101 Å². The molecule has 0 aliphatic carbocycles. The third-order valence-corrected chi connectivity index (χ3v) is 8.34. The van der Waals surface area contributed by atoms with Crippen LogP contribution in [0.5, 0.6) is 0 Å². The number of sulfonamides is 1. The van der Waals surface area contributed by atoms with Crippen molar-refractivity contribution in [2.45, 2.75) is 72.0 Å². The molecule has 1 N–H and O–H groups in total. The summed E-state index contributed by atoms with van der Waals surface area (Å²) < 4.78 is 26.6. The van der Waals surface area contributed by atoms with E-state index >= 15 is 0 Å². The van der Waals surface area contributed by atoms with E-state index in [0.29, 0.717) is 18.5 Å². The highest BCUT2D eigenvalue weighted by molar-refractivity contribution is 7.92. The third kappa shape index (κ3) is 9.74. The van der Waals surface area contributed by atoms with Crippen LogP contribution < -0.4 is 9.62 Å². The van der Waals surface area contributed by atoms with Gasteiger partial charge in [-0.05, 0) is 62.4 Å². The Labute approximate surface area is 245 Å². The Bertz CT molecular complexity index is 1410. The predicted octanol–water partition coefficient (Wildman–Crippen LogP) is 5.40. The van der Waals surface area contributed by atoms with Gasteiger partial charge in [0.2, 0.25) is 21.8 Å². The Morgan fingerprint density at radius 2 is 1.51 bits per heavy atom. The Kier molecular flexibility index (Phi) is 11.5. The molecule has 0 fully saturated rings. The zero-order valence-electron chi connectivity index (χ0n) is 24.8. The second-order valence-corrected chi connectivity index (χ2v) is 12.7. The summed E-state index contributed by atoms with van der Waals surface area (Å²) in [5.74, 6) is -0.383. The number of nitrogens with one attached hydrogen (secondary N) is 1. The molecule has 0 aromatic heterocycles. The predicted molar refractivity (Wildman–Crippen MR) is 166 cm³/mol. The molecule has 0 aliphatic rings. The van der Waals surface area contributed by atoms with Crippen molar-refractivity contribution in [2.75, 3.05) is 17.1 Å². The standard InChI is InChI=1S/C33H43N3O4S/c1-6-27(4)34-33(38)31(23-28-15-8-7-9-16-28)35(24-29-17-10-13-25(2)21-29)32(37)19-12-20-36(41(5,39)40)30-18-11-14-26(3)22-30/h7-11,13-18,21-22,27,31H,6,12,19-20,23-24H2,1-5H3,(H,34,38)/t27-,31+/m0/s1. The molecule has 3 aromatic rings. The maximum Gasteiger partial charge on any atom is 0.243 e. The van der Waals surface area contributed by atoms with Crippen LogP contribution in [0.15, 0.2) is 78.9 Å². The Morgan fingerprint density at radius 1 is 0.878 bits per heavy atom. The van der Waals surface area contributed by atoms with E-state index in [1.54, 1.807) is 11.0 Å². The average Bonchev–Trinajstić information content (AvgIpc) is 2.92. The number of anilines is 1. The van der Waals surface area contributed by atoms with Gasteiger partial charge in [0.15, 0.2) is 0 Å². The SMILES string of the molecule is CC[C@H](C)NC(=O)[C@@H](Cc1ccccc1)N(Cc1cccc(C)c1)C(=O)CCCN(c1cccc(C)c1)S(C)(=O)=O. The van der Waals surface area contributed by atoms with Crippen LogP contribution in [0, 0.1) is 13.8 Å². The van der Waals surface area contributed by atoms with E-state index < -0.39 is 16.1 Å². The van der Waals surface area contributed by atoms with E-state index in [2.05, 4.69) is 5.32 Å². The minimum atomic E-state index is -3.55. The number of carbonyl (C=O) groups excluding carboxylic acids is 2. The smallest absolute Gasteiger partial charge is 0.243 e. The zero-order valence-corrected chi connectivity index (χ0v) is 25.7. The molecule has 2 amide bonds. The Morgan fingerprint density at radius 3 is 2.12 bits per heavy atom. The van der Waals surface area contributed by atoms with Crippen LogP contribution in [0.3, 0.4) is 0 Å². The summed E-state index contributed by atoms with van der Waals surface area (Å²) in [6.45, 7) is 8.31. The molecule has 3 aromatic carbocycles. The summed E-state index contributed by atoms with van der Waals surface area (Å²) >= 11 is 0. The van der Waals surface area contributed by atoms with Gasteiger partial charge in [0.1, 0.15) is 6.04 Å². The van der Waals surface area contributed by atoms with Gasteiger partial charge in [0.25, 0.3) is 0 Å². The van der Waals surface area contributed by atoms with Gasteiger partial charge >= 0.3 is 0 Å². The van der Waals surface area contributed by atoms with Crippen LogP contribution in [-0.4, -0.2) is 50.0 Å². The minimum Gasteiger partial charge on any atom is -0.352 e. The van der Waals surface area contributed by atoms with Crippen molar-refractivity contribution in [1.82, 2.24) is 10.2 Å². The lowest BCUT2D eigenvalue weighted by molar-refractivity contribution is -0.141. The normalized spacial score (nSPS) is 12.8. The number of carbonyl (C=O) groups is 2. The zero-order chi connectivity index (χ0) is 30.0. The maximum atomic E-state index is 13.9. The monoisotopic (exact) mass is 577 g/mol. The first kappa shape index (κ1) is 31.9. The fourth-order valence-electron chi connectivity index (χ4n) is 4.79. The van der Waals surface area contributed by atoms with Gasteiger partial charge in [-0.15, -0.1) is 0 Å². The molecular formula is C33H43N3O4S. The third-order valence-electron chi connectivity index (χ3n) is 7.15. The van der Waals surface area contributed by atoms with E-state index in [1.807, 2.05) is 100 Å². The fraction of sp³-hybridized carbons (Fsp3) is 0.394. The average molecular weight is 578 g/mol. The first-order valence-electron chi connectivity index (χ1n) is 14.2. The number of aryl methyl sites for hydroxylation is 2. The summed E-state index contributed by atoms with van der Waals surface area (Å²) in [5, 5.41) is 3.08. The molecule has 0 saturated heterocycles. The van der Waals surface area contributed by atoms with Crippen LogP contribution in [0.25, 0.3) is 0 Å². The second-order valence-electron chi connectivity index (χ2n) is 10.8. The lowest BCUT2D eigenvalue weighted by atomic mass is 10.0. The molecule has 41 heavy (non-hydrogen) atoms. The summed E-state index contributed by atoms with van der Waals surface area (Å²) in [7, 11) is -3.55. The quantitative estimate of drug-likeness (QED) is 0.278. The lowest BCUT2D eigenvalue weighted by Gasteiger charge is -2.33. The number of rotatable bonds is 14. The van der Waals surface area contributed by atoms with Gasteiger partial charge in [-0.3, -0.25) is 13.9 Å². The number of benzene rings is 3. The highest BCUT2D eigenvalue weighted by Gasteiger charge is 2.31. The van der Waals surface area contributed by atoms with Crippen molar-refractivity contribution in [3.8, 4) is 0 Å². The molecule has 2 atom stereocenters. The molecule has 8 heteroatoms. The highest BCUT2D eigenvalue weighted by Crippen LogP contribution is 2.21. The molecule has 0 unspecified atom stereocenters. The van der Waals surface area contributed by atoms with Crippen molar-refractivity contribution in [1.29, 1.82) is 0 Å².